The number of benzene rings is 3. The van der Waals surface area contributed by atoms with Crippen LogP contribution in [-0.2, 0) is 26.2 Å². The number of carbonyl (C=O) groups is 2. The topological polar surface area (TPSA) is 86.8 Å². The largest absolute Gasteiger partial charge is 0.352 e. The van der Waals surface area contributed by atoms with E-state index in [0.717, 1.165) is 21.9 Å². The summed E-state index contributed by atoms with van der Waals surface area (Å²) >= 11 is 6.45. The van der Waals surface area contributed by atoms with Gasteiger partial charge in [0.1, 0.15) is 12.6 Å². The van der Waals surface area contributed by atoms with Gasteiger partial charge in [0, 0.05) is 17.6 Å². The molecular weight excluding hydrogens is 546 g/mol. The van der Waals surface area contributed by atoms with Crippen LogP contribution < -0.4 is 9.62 Å². The van der Waals surface area contributed by atoms with Crippen molar-refractivity contribution in [1.82, 2.24) is 10.2 Å². The molecule has 1 N–H and O–H groups in total. The van der Waals surface area contributed by atoms with Crippen LogP contribution in [0.2, 0.25) is 5.02 Å². The first-order valence-corrected chi connectivity index (χ1v) is 15.3. The van der Waals surface area contributed by atoms with Crippen molar-refractivity contribution in [3.63, 3.8) is 0 Å². The zero-order chi connectivity index (χ0) is 29.4. The van der Waals surface area contributed by atoms with Gasteiger partial charge in [0.05, 0.1) is 10.6 Å². The van der Waals surface area contributed by atoms with E-state index in [4.69, 9.17) is 11.6 Å². The molecule has 2 amide bonds. The van der Waals surface area contributed by atoms with E-state index in [2.05, 4.69) is 5.32 Å². The third kappa shape index (κ3) is 7.43. The molecule has 7 nitrogen and oxygen atoms in total. The molecule has 3 aromatic rings. The molecule has 3 aromatic carbocycles. The standard InChI is InChI=1S/C31H38ClN3O4S/c1-6-24(5)33-31(37)29(7-2)34(20-25-13-11-12-16-28(25)32)30(36)21-35(26-18-17-22(3)23(4)19-26)40(38,39)27-14-9-8-10-15-27/h8-19,24,29H,6-7,20-21H2,1-5H3,(H,33,37). The molecule has 0 aliphatic heterocycles. The number of hydrogen-bond donors (Lipinski definition) is 1. The lowest BCUT2D eigenvalue weighted by Gasteiger charge is -2.34. The van der Waals surface area contributed by atoms with E-state index in [-0.39, 0.29) is 23.4 Å². The van der Waals surface area contributed by atoms with Crippen molar-refractivity contribution in [3.8, 4) is 0 Å². The number of amides is 2. The minimum Gasteiger partial charge on any atom is -0.352 e. The first-order chi connectivity index (χ1) is 19.0. The Hall–Kier alpha value is -3.36. The Balaban J connectivity index is 2.08. The fourth-order valence-corrected chi connectivity index (χ4v) is 5.92. The first-order valence-electron chi connectivity index (χ1n) is 13.5. The van der Waals surface area contributed by atoms with E-state index in [1.54, 1.807) is 48.5 Å². The summed E-state index contributed by atoms with van der Waals surface area (Å²) in [6.07, 6.45) is 1.07. The average molecular weight is 584 g/mol. The molecule has 0 radical (unpaired) electrons. The summed E-state index contributed by atoms with van der Waals surface area (Å²) in [5.74, 6) is -0.801. The molecule has 2 unspecified atom stereocenters. The third-order valence-electron chi connectivity index (χ3n) is 7.07. The Morgan fingerprint density at radius 1 is 0.900 bits per heavy atom. The van der Waals surface area contributed by atoms with Gasteiger partial charge in [-0.15, -0.1) is 0 Å². The summed E-state index contributed by atoms with van der Waals surface area (Å²) in [7, 11) is -4.11. The Bertz CT molecular complexity index is 1430. The Morgan fingerprint density at radius 3 is 2.15 bits per heavy atom. The number of aryl methyl sites for hydroxylation is 2. The molecule has 0 aromatic heterocycles. The zero-order valence-corrected chi connectivity index (χ0v) is 25.3. The van der Waals surface area contributed by atoms with Crippen LogP contribution in [0, 0.1) is 13.8 Å². The van der Waals surface area contributed by atoms with Crippen LogP contribution in [0.5, 0.6) is 0 Å². The molecule has 9 heteroatoms. The third-order valence-corrected chi connectivity index (χ3v) is 9.23. The monoisotopic (exact) mass is 583 g/mol. The van der Waals surface area contributed by atoms with Gasteiger partial charge in [-0.05, 0) is 80.6 Å². The highest BCUT2D eigenvalue weighted by Crippen LogP contribution is 2.27. The van der Waals surface area contributed by atoms with Crippen molar-refractivity contribution in [2.75, 3.05) is 10.8 Å². The van der Waals surface area contributed by atoms with Crippen LogP contribution in [0.15, 0.2) is 77.7 Å². The predicted octanol–water partition coefficient (Wildman–Crippen LogP) is 5.87. The molecule has 40 heavy (non-hydrogen) atoms. The van der Waals surface area contributed by atoms with Gasteiger partial charge in [-0.1, -0.05) is 67.9 Å². The number of halogens is 1. The van der Waals surface area contributed by atoms with Gasteiger partial charge in [-0.3, -0.25) is 13.9 Å². The summed E-state index contributed by atoms with van der Waals surface area (Å²) in [6, 6.07) is 19.5. The van der Waals surface area contributed by atoms with Crippen LogP contribution in [0.3, 0.4) is 0 Å². The van der Waals surface area contributed by atoms with Crippen molar-refractivity contribution in [1.29, 1.82) is 0 Å². The minimum absolute atomic E-state index is 0.0527. The van der Waals surface area contributed by atoms with Gasteiger partial charge in [0.25, 0.3) is 10.0 Å². The maximum absolute atomic E-state index is 14.1. The zero-order valence-electron chi connectivity index (χ0n) is 23.7. The molecule has 3 rings (SSSR count). The summed E-state index contributed by atoms with van der Waals surface area (Å²) in [4.78, 5) is 29.0. The van der Waals surface area contributed by atoms with Gasteiger partial charge in [-0.25, -0.2) is 8.42 Å². The number of sulfonamides is 1. The Morgan fingerprint density at radius 2 is 1.55 bits per heavy atom. The fraction of sp³-hybridized carbons (Fsp3) is 0.355. The molecule has 0 saturated carbocycles. The number of nitrogens with zero attached hydrogens (tertiary/aromatic N) is 2. The average Bonchev–Trinajstić information content (AvgIpc) is 2.94. The Labute approximate surface area is 243 Å². The second-order valence-corrected chi connectivity index (χ2v) is 12.2. The molecule has 0 aliphatic rings. The first kappa shape index (κ1) is 31.2. The minimum atomic E-state index is -4.11. The molecule has 0 fully saturated rings. The van der Waals surface area contributed by atoms with Crippen LogP contribution >= 0.6 is 11.6 Å². The van der Waals surface area contributed by atoms with Crippen LogP contribution in [0.25, 0.3) is 0 Å². The number of hydrogen-bond acceptors (Lipinski definition) is 4. The summed E-state index contributed by atoms with van der Waals surface area (Å²) in [5.41, 5.74) is 2.93. The maximum atomic E-state index is 14.1. The van der Waals surface area contributed by atoms with Crippen molar-refractivity contribution < 1.29 is 18.0 Å². The lowest BCUT2D eigenvalue weighted by Crippen LogP contribution is -2.53. The van der Waals surface area contributed by atoms with E-state index >= 15 is 0 Å². The van der Waals surface area contributed by atoms with Gasteiger partial charge >= 0.3 is 0 Å². The summed E-state index contributed by atoms with van der Waals surface area (Å²) < 4.78 is 28.9. The van der Waals surface area contributed by atoms with E-state index < -0.39 is 28.5 Å². The molecule has 0 bridgehead atoms. The number of anilines is 1. The quantitative estimate of drug-likeness (QED) is 0.289. The van der Waals surface area contributed by atoms with Crippen molar-refractivity contribution in [2.24, 2.45) is 0 Å². The van der Waals surface area contributed by atoms with Crippen LogP contribution in [-0.4, -0.2) is 43.8 Å². The molecule has 214 valence electrons. The SMILES string of the molecule is CCC(C)NC(=O)C(CC)N(Cc1ccccc1Cl)C(=O)CN(c1ccc(C)c(C)c1)S(=O)(=O)c1ccccc1. The Kier molecular flexibility index (Phi) is 10.8. The van der Waals surface area contributed by atoms with E-state index in [0.29, 0.717) is 22.7 Å². The highest BCUT2D eigenvalue weighted by Gasteiger charge is 2.34. The number of nitrogens with one attached hydrogen (secondary N) is 1. The molecule has 0 aliphatic carbocycles. The lowest BCUT2D eigenvalue weighted by molar-refractivity contribution is -0.140. The van der Waals surface area contributed by atoms with Crippen molar-refractivity contribution in [2.45, 2.75) is 71.0 Å². The molecule has 0 spiro atoms. The molecule has 0 saturated heterocycles. The van der Waals surface area contributed by atoms with Crippen molar-refractivity contribution >= 4 is 39.1 Å². The van der Waals surface area contributed by atoms with Crippen LogP contribution in [0.4, 0.5) is 5.69 Å². The maximum Gasteiger partial charge on any atom is 0.264 e. The predicted molar refractivity (Wildman–Crippen MR) is 161 cm³/mol. The van der Waals surface area contributed by atoms with Gasteiger partial charge in [0.2, 0.25) is 11.8 Å². The lowest BCUT2D eigenvalue weighted by atomic mass is 10.1. The van der Waals surface area contributed by atoms with Gasteiger partial charge in [-0.2, -0.15) is 0 Å². The highest BCUT2D eigenvalue weighted by molar-refractivity contribution is 7.92. The van der Waals surface area contributed by atoms with E-state index in [9.17, 15) is 18.0 Å². The van der Waals surface area contributed by atoms with Gasteiger partial charge < -0.3 is 10.2 Å². The van der Waals surface area contributed by atoms with E-state index in [1.807, 2.05) is 46.8 Å². The van der Waals surface area contributed by atoms with Crippen molar-refractivity contribution in [3.05, 3.63) is 94.5 Å². The molecular formula is C31H38ClN3O4S. The second kappa shape index (κ2) is 13.8. The molecule has 0 heterocycles. The highest BCUT2D eigenvalue weighted by atomic mass is 35.5. The number of rotatable bonds is 12. The molecule has 2 atom stereocenters. The smallest absolute Gasteiger partial charge is 0.264 e. The normalized spacial score (nSPS) is 12.8. The second-order valence-electron chi connectivity index (χ2n) is 9.95. The summed E-state index contributed by atoms with van der Waals surface area (Å²) in [5, 5.41) is 3.43. The number of carbonyl (C=O) groups excluding carboxylic acids is 2. The van der Waals surface area contributed by atoms with Crippen LogP contribution in [0.1, 0.15) is 50.3 Å². The van der Waals surface area contributed by atoms with E-state index in [1.165, 1.54) is 17.0 Å². The van der Waals surface area contributed by atoms with Gasteiger partial charge in [0.15, 0.2) is 0 Å². The summed E-state index contributed by atoms with van der Waals surface area (Å²) in [6.45, 7) is 9.09. The fourth-order valence-electron chi connectivity index (χ4n) is 4.30.